The number of alkyl halides is 3. The topological polar surface area (TPSA) is 85.2 Å². The molecule has 2 saturated heterocycles. The fraction of sp³-hybridized carbons (Fsp3) is 0.519. The van der Waals surface area contributed by atoms with Crippen molar-refractivity contribution in [2.45, 2.75) is 50.3 Å². The average Bonchev–Trinajstić information content (AvgIpc) is 2.92. The Morgan fingerprint density at radius 3 is 2.26 bits per heavy atom. The summed E-state index contributed by atoms with van der Waals surface area (Å²) < 4.78 is 49.5. The molecule has 2 aliphatic rings. The van der Waals surface area contributed by atoms with Crippen LogP contribution in [0.4, 0.5) is 18.9 Å². The lowest BCUT2D eigenvalue weighted by Gasteiger charge is -2.34. The summed E-state index contributed by atoms with van der Waals surface area (Å²) in [5.74, 6) is 0.977. The molecule has 11 heteroatoms. The van der Waals surface area contributed by atoms with Crippen LogP contribution in [0.3, 0.4) is 0 Å². The van der Waals surface area contributed by atoms with Gasteiger partial charge < -0.3 is 19.3 Å². The second-order valence-corrected chi connectivity index (χ2v) is 9.77. The molecular weight excluding hydrogens is 503 g/mol. The molecule has 2 aliphatic heterocycles. The Bertz CT molecular complexity index is 1110. The molecule has 2 aromatic carbocycles. The summed E-state index contributed by atoms with van der Waals surface area (Å²) in [5.41, 5.74) is 0.189. The summed E-state index contributed by atoms with van der Waals surface area (Å²) in [7, 11) is 1.37. The van der Waals surface area contributed by atoms with E-state index in [9.17, 15) is 28.1 Å². The summed E-state index contributed by atoms with van der Waals surface area (Å²) in [6.45, 7) is 3.46. The van der Waals surface area contributed by atoms with Gasteiger partial charge in [-0.05, 0) is 55.6 Å². The maximum Gasteiger partial charge on any atom is 0.416 e. The number of carbonyl (C=O) groups is 1. The van der Waals surface area contributed by atoms with Crippen molar-refractivity contribution in [3.05, 3.63) is 63.7 Å². The van der Waals surface area contributed by atoms with Gasteiger partial charge in [0.15, 0.2) is 0 Å². The van der Waals surface area contributed by atoms with E-state index in [4.69, 9.17) is 9.47 Å². The highest BCUT2D eigenvalue weighted by atomic mass is 19.4. The zero-order valence-corrected chi connectivity index (χ0v) is 21.3. The number of nitro groups is 1. The second-order valence-electron chi connectivity index (χ2n) is 9.77. The SMILES string of the molecule is COc1cc(OC2CCN(C(=O)CCN3CCC(c4ccc(C(F)(F)F)cc4)CC3)CC2)ccc1[N+](=O)[O-]. The van der Waals surface area contributed by atoms with Crippen LogP contribution >= 0.6 is 0 Å². The molecule has 0 saturated carbocycles. The largest absolute Gasteiger partial charge is 0.490 e. The standard InChI is InChI=1S/C27H32F3N3O5/c1-37-25-18-23(6-7-24(25)33(35)36)38-22-10-16-32(17-11-22)26(34)12-15-31-13-8-20(9-14-31)19-2-4-21(5-3-19)27(28,29)30/h2-7,18,20,22H,8-17H2,1H3. The Kier molecular flexibility index (Phi) is 8.76. The van der Waals surface area contributed by atoms with E-state index in [2.05, 4.69) is 4.90 Å². The Balaban J connectivity index is 1.17. The van der Waals surface area contributed by atoms with Gasteiger partial charge in [0.2, 0.25) is 11.7 Å². The van der Waals surface area contributed by atoms with Crippen molar-refractivity contribution in [1.82, 2.24) is 9.80 Å². The van der Waals surface area contributed by atoms with Gasteiger partial charge in [-0.1, -0.05) is 12.1 Å². The van der Waals surface area contributed by atoms with Crippen molar-refractivity contribution in [1.29, 1.82) is 0 Å². The fourth-order valence-electron chi connectivity index (χ4n) is 5.14. The van der Waals surface area contributed by atoms with Gasteiger partial charge in [-0.2, -0.15) is 13.2 Å². The number of methoxy groups -OCH3 is 1. The van der Waals surface area contributed by atoms with Gasteiger partial charge in [0.25, 0.3) is 0 Å². The van der Waals surface area contributed by atoms with Crippen molar-refractivity contribution in [3.63, 3.8) is 0 Å². The highest BCUT2D eigenvalue weighted by Gasteiger charge is 2.31. The minimum Gasteiger partial charge on any atom is -0.490 e. The summed E-state index contributed by atoms with van der Waals surface area (Å²) in [4.78, 5) is 27.4. The molecule has 2 heterocycles. The lowest BCUT2D eigenvalue weighted by molar-refractivity contribution is -0.385. The Labute approximate surface area is 219 Å². The summed E-state index contributed by atoms with van der Waals surface area (Å²) >= 11 is 0. The van der Waals surface area contributed by atoms with E-state index >= 15 is 0 Å². The number of ether oxygens (including phenoxy) is 2. The number of nitrogens with zero attached hydrogens (tertiary/aromatic N) is 3. The van der Waals surface area contributed by atoms with E-state index in [-0.39, 0.29) is 29.4 Å². The molecule has 0 aromatic heterocycles. The number of halogens is 3. The first-order valence-electron chi connectivity index (χ1n) is 12.8. The van der Waals surface area contributed by atoms with E-state index in [0.29, 0.717) is 44.6 Å². The van der Waals surface area contributed by atoms with Gasteiger partial charge in [0, 0.05) is 51.0 Å². The average molecular weight is 536 g/mol. The van der Waals surface area contributed by atoms with Crippen molar-refractivity contribution >= 4 is 11.6 Å². The number of hydrogen-bond acceptors (Lipinski definition) is 6. The summed E-state index contributed by atoms with van der Waals surface area (Å²) in [6, 6.07) is 9.89. The highest BCUT2D eigenvalue weighted by molar-refractivity contribution is 5.76. The van der Waals surface area contributed by atoms with Gasteiger partial charge in [-0.3, -0.25) is 14.9 Å². The van der Waals surface area contributed by atoms with Crippen LogP contribution in [0, 0.1) is 10.1 Å². The Hall–Kier alpha value is -3.34. The van der Waals surface area contributed by atoms with E-state index in [1.807, 2.05) is 4.90 Å². The highest BCUT2D eigenvalue weighted by Crippen LogP contribution is 2.34. The second kappa shape index (κ2) is 12.0. The normalized spacial score (nSPS) is 17.8. The molecule has 8 nitrogen and oxygen atoms in total. The smallest absolute Gasteiger partial charge is 0.416 e. The predicted molar refractivity (Wildman–Crippen MR) is 134 cm³/mol. The third-order valence-corrected chi connectivity index (χ3v) is 7.38. The third kappa shape index (κ3) is 6.94. The molecule has 2 aromatic rings. The fourth-order valence-corrected chi connectivity index (χ4v) is 5.14. The third-order valence-electron chi connectivity index (χ3n) is 7.38. The van der Waals surface area contributed by atoms with Crippen LogP contribution in [0.15, 0.2) is 42.5 Å². The first-order chi connectivity index (χ1) is 18.1. The monoisotopic (exact) mass is 535 g/mol. The van der Waals surface area contributed by atoms with Crippen LogP contribution in [0.2, 0.25) is 0 Å². The molecule has 0 bridgehead atoms. The molecule has 0 spiro atoms. The number of piperidine rings is 2. The van der Waals surface area contributed by atoms with E-state index in [1.54, 1.807) is 18.2 Å². The molecule has 0 atom stereocenters. The van der Waals surface area contributed by atoms with Crippen LogP contribution in [-0.2, 0) is 11.0 Å². The van der Waals surface area contributed by atoms with Crippen molar-refractivity contribution < 1.29 is 32.4 Å². The summed E-state index contributed by atoms with van der Waals surface area (Å²) in [6.07, 6.45) is -0.929. The van der Waals surface area contributed by atoms with Gasteiger partial charge in [0.05, 0.1) is 17.6 Å². The molecule has 38 heavy (non-hydrogen) atoms. The molecule has 0 N–H and O–H groups in total. The van der Waals surface area contributed by atoms with Gasteiger partial charge in [-0.25, -0.2) is 0 Å². The van der Waals surface area contributed by atoms with E-state index < -0.39 is 16.7 Å². The summed E-state index contributed by atoms with van der Waals surface area (Å²) in [5, 5.41) is 11.1. The molecule has 206 valence electrons. The van der Waals surface area contributed by atoms with Crippen molar-refractivity contribution in [2.24, 2.45) is 0 Å². The van der Waals surface area contributed by atoms with Crippen molar-refractivity contribution in [2.75, 3.05) is 39.8 Å². The van der Waals surface area contributed by atoms with Crippen molar-refractivity contribution in [3.8, 4) is 11.5 Å². The molecule has 4 rings (SSSR count). The number of rotatable bonds is 8. The number of nitro benzene ring substituents is 1. The Morgan fingerprint density at radius 2 is 1.68 bits per heavy atom. The number of hydrogen-bond donors (Lipinski definition) is 0. The van der Waals surface area contributed by atoms with Crippen LogP contribution < -0.4 is 9.47 Å². The van der Waals surface area contributed by atoms with Crippen LogP contribution in [-0.4, -0.2) is 66.6 Å². The van der Waals surface area contributed by atoms with Gasteiger partial charge in [0.1, 0.15) is 11.9 Å². The maximum absolute atomic E-state index is 12.8. The molecule has 0 radical (unpaired) electrons. The zero-order valence-electron chi connectivity index (χ0n) is 21.3. The van der Waals surface area contributed by atoms with E-state index in [0.717, 1.165) is 43.6 Å². The van der Waals surface area contributed by atoms with E-state index in [1.165, 1.54) is 19.2 Å². The van der Waals surface area contributed by atoms with Gasteiger partial charge >= 0.3 is 11.9 Å². The first kappa shape index (κ1) is 27.7. The lowest BCUT2D eigenvalue weighted by atomic mass is 9.89. The molecule has 2 fully saturated rings. The number of likely N-dealkylation sites (tertiary alicyclic amines) is 2. The predicted octanol–water partition coefficient (Wildman–Crippen LogP) is 5.26. The zero-order chi connectivity index (χ0) is 27.3. The minimum atomic E-state index is -4.32. The van der Waals surface area contributed by atoms with Gasteiger partial charge in [-0.15, -0.1) is 0 Å². The van der Waals surface area contributed by atoms with Crippen LogP contribution in [0.25, 0.3) is 0 Å². The number of carbonyl (C=O) groups excluding carboxylic acids is 1. The van der Waals surface area contributed by atoms with Crippen LogP contribution in [0.5, 0.6) is 11.5 Å². The minimum absolute atomic E-state index is 0.0885. The maximum atomic E-state index is 12.8. The lowest BCUT2D eigenvalue weighted by Crippen LogP contribution is -2.43. The number of benzene rings is 2. The number of amides is 1. The Morgan fingerprint density at radius 1 is 1.03 bits per heavy atom. The molecular formula is C27H32F3N3O5. The molecule has 0 unspecified atom stereocenters. The molecule has 0 aliphatic carbocycles. The quantitative estimate of drug-likeness (QED) is 0.339. The molecule has 1 amide bonds. The van der Waals surface area contributed by atoms with Crippen LogP contribution in [0.1, 0.15) is 49.1 Å². The first-order valence-corrected chi connectivity index (χ1v) is 12.8.